The van der Waals surface area contributed by atoms with Crippen LogP contribution in [0.2, 0.25) is 0 Å². The molecule has 2 aromatic carbocycles. The lowest BCUT2D eigenvalue weighted by atomic mass is 9.98. The van der Waals surface area contributed by atoms with Crippen molar-refractivity contribution >= 4 is 0 Å². The zero-order valence-corrected chi connectivity index (χ0v) is 12.0. The van der Waals surface area contributed by atoms with Gasteiger partial charge in [0.05, 0.1) is 19.8 Å². The number of fused-ring (bicyclic) bond motifs is 3. The molecular weight excluding hydrogens is 262 g/mol. The highest BCUT2D eigenvalue weighted by Crippen LogP contribution is 2.39. The molecule has 0 atom stereocenters. The van der Waals surface area contributed by atoms with Crippen LogP contribution in [-0.2, 0) is 21.7 Å². The Morgan fingerprint density at radius 2 is 1.71 bits per heavy atom. The van der Waals surface area contributed by atoms with E-state index >= 15 is 0 Å². The van der Waals surface area contributed by atoms with Crippen LogP contribution >= 0.6 is 0 Å². The van der Waals surface area contributed by atoms with Gasteiger partial charge in [-0.15, -0.1) is 0 Å². The molecule has 2 N–H and O–H groups in total. The molecule has 0 unspecified atom stereocenters. The summed E-state index contributed by atoms with van der Waals surface area (Å²) in [4.78, 5) is 0. The van der Waals surface area contributed by atoms with Gasteiger partial charge in [-0.3, -0.25) is 0 Å². The molecule has 4 rings (SSSR count). The van der Waals surface area contributed by atoms with Crippen molar-refractivity contribution in [2.75, 3.05) is 19.8 Å². The van der Waals surface area contributed by atoms with E-state index in [1.54, 1.807) is 0 Å². The van der Waals surface area contributed by atoms with Crippen LogP contribution in [0.3, 0.4) is 0 Å². The van der Waals surface area contributed by atoms with Crippen LogP contribution < -0.4 is 5.73 Å². The van der Waals surface area contributed by atoms with Crippen LogP contribution in [0, 0.1) is 0 Å². The summed E-state index contributed by atoms with van der Waals surface area (Å²) < 4.78 is 11.8. The number of rotatable bonds is 2. The maximum absolute atomic E-state index is 5.95. The molecule has 1 saturated heterocycles. The Balaban J connectivity index is 1.76. The van der Waals surface area contributed by atoms with Crippen molar-refractivity contribution in [1.29, 1.82) is 0 Å². The smallest absolute Gasteiger partial charge is 0.207 e. The first kappa shape index (κ1) is 13.0. The van der Waals surface area contributed by atoms with Gasteiger partial charge in [-0.25, -0.2) is 0 Å². The van der Waals surface area contributed by atoms with Crippen molar-refractivity contribution in [3.8, 4) is 11.1 Å². The van der Waals surface area contributed by atoms with Crippen LogP contribution in [0.15, 0.2) is 42.5 Å². The SMILES string of the molecule is NCC1(c2ccc3c(c2)Cc2ccccc2-3)OCCCO1. The first-order valence-corrected chi connectivity index (χ1v) is 7.52. The summed E-state index contributed by atoms with van der Waals surface area (Å²) in [6.07, 6.45) is 1.90. The van der Waals surface area contributed by atoms with Crippen LogP contribution in [-0.4, -0.2) is 19.8 Å². The molecule has 3 heteroatoms. The van der Waals surface area contributed by atoms with Gasteiger partial charge < -0.3 is 15.2 Å². The predicted octanol–water partition coefficient (Wildman–Crippen LogP) is 2.81. The van der Waals surface area contributed by atoms with Crippen molar-refractivity contribution in [3.05, 3.63) is 59.2 Å². The summed E-state index contributed by atoms with van der Waals surface area (Å²) in [5.74, 6) is -0.762. The number of nitrogens with two attached hydrogens (primary N) is 1. The van der Waals surface area contributed by atoms with Gasteiger partial charge in [0.25, 0.3) is 0 Å². The van der Waals surface area contributed by atoms with Gasteiger partial charge in [0, 0.05) is 5.56 Å². The second-order valence-electron chi connectivity index (χ2n) is 5.71. The third-order valence-corrected chi connectivity index (χ3v) is 4.46. The lowest BCUT2D eigenvalue weighted by molar-refractivity contribution is -0.269. The van der Waals surface area contributed by atoms with Crippen LogP contribution in [0.25, 0.3) is 11.1 Å². The van der Waals surface area contributed by atoms with E-state index in [1.165, 1.54) is 22.3 Å². The Kier molecular flexibility index (Phi) is 3.07. The number of hydrogen-bond acceptors (Lipinski definition) is 3. The maximum Gasteiger partial charge on any atom is 0.207 e. The Morgan fingerprint density at radius 3 is 2.52 bits per heavy atom. The Morgan fingerprint density at radius 1 is 0.952 bits per heavy atom. The third-order valence-electron chi connectivity index (χ3n) is 4.46. The fraction of sp³-hybridized carbons (Fsp3) is 0.333. The molecule has 1 aliphatic carbocycles. The van der Waals surface area contributed by atoms with E-state index in [0.29, 0.717) is 19.8 Å². The summed E-state index contributed by atoms with van der Waals surface area (Å²) in [5, 5.41) is 0. The lowest BCUT2D eigenvalue weighted by Crippen LogP contribution is -2.44. The molecule has 0 saturated carbocycles. The second-order valence-corrected chi connectivity index (χ2v) is 5.71. The minimum absolute atomic E-state index is 0.346. The molecule has 0 radical (unpaired) electrons. The normalized spacial score (nSPS) is 19.1. The molecule has 2 aromatic rings. The van der Waals surface area contributed by atoms with E-state index in [2.05, 4.69) is 42.5 Å². The van der Waals surface area contributed by atoms with Gasteiger partial charge in [-0.1, -0.05) is 36.4 Å². The minimum Gasteiger partial charge on any atom is -0.345 e. The Hall–Kier alpha value is -1.68. The van der Waals surface area contributed by atoms with Crippen LogP contribution in [0.5, 0.6) is 0 Å². The molecule has 1 fully saturated rings. The molecule has 2 aliphatic rings. The standard InChI is InChI=1S/C18H19NO2/c19-12-18(20-8-3-9-21-18)15-6-7-17-14(11-15)10-13-4-1-2-5-16(13)17/h1-2,4-7,11H,3,8-10,12,19H2. The average Bonchev–Trinajstić information content (AvgIpc) is 2.93. The molecule has 0 amide bonds. The molecule has 0 aromatic heterocycles. The topological polar surface area (TPSA) is 44.5 Å². The fourth-order valence-electron chi connectivity index (χ4n) is 3.36. The first-order chi connectivity index (χ1) is 10.3. The van der Waals surface area contributed by atoms with Gasteiger partial charge in [0.15, 0.2) is 0 Å². The van der Waals surface area contributed by atoms with Gasteiger partial charge in [-0.2, -0.15) is 0 Å². The zero-order valence-electron chi connectivity index (χ0n) is 12.0. The fourth-order valence-corrected chi connectivity index (χ4v) is 3.36. The number of hydrogen-bond donors (Lipinski definition) is 1. The largest absolute Gasteiger partial charge is 0.345 e. The van der Waals surface area contributed by atoms with Crippen LogP contribution in [0.4, 0.5) is 0 Å². The van der Waals surface area contributed by atoms with Crippen molar-refractivity contribution < 1.29 is 9.47 Å². The Bertz CT molecular complexity index is 675. The summed E-state index contributed by atoms with van der Waals surface area (Å²) in [5.41, 5.74) is 12.4. The molecule has 0 spiro atoms. The maximum atomic E-state index is 5.95. The lowest BCUT2D eigenvalue weighted by Gasteiger charge is -2.36. The van der Waals surface area contributed by atoms with Crippen molar-refractivity contribution in [3.63, 3.8) is 0 Å². The van der Waals surface area contributed by atoms with E-state index < -0.39 is 5.79 Å². The first-order valence-electron chi connectivity index (χ1n) is 7.52. The molecular formula is C18H19NO2. The third kappa shape index (κ3) is 2.01. The Labute approximate surface area is 124 Å². The van der Waals surface area contributed by atoms with Gasteiger partial charge in [0.2, 0.25) is 5.79 Å². The average molecular weight is 281 g/mol. The van der Waals surface area contributed by atoms with Crippen molar-refractivity contribution in [1.82, 2.24) is 0 Å². The molecule has 0 bridgehead atoms. The molecule has 108 valence electrons. The molecule has 1 aliphatic heterocycles. The summed E-state index contributed by atoms with van der Waals surface area (Å²) in [6, 6.07) is 15.0. The molecule has 1 heterocycles. The van der Waals surface area contributed by atoms with Crippen LogP contribution in [0.1, 0.15) is 23.1 Å². The van der Waals surface area contributed by atoms with Crippen molar-refractivity contribution in [2.45, 2.75) is 18.6 Å². The van der Waals surface area contributed by atoms with E-state index in [4.69, 9.17) is 15.2 Å². The highest BCUT2D eigenvalue weighted by molar-refractivity contribution is 5.77. The predicted molar refractivity (Wildman–Crippen MR) is 81.9 cm³/mol. The van der Waals surface area contributed by atoms with Gasteiger partial charge in [-0.05, 0) is 41.2 Å². The highest BCUT2D eigenvalue weighted by atomic mass is 16.7. The van der Waals surface area contributed by atoms with E-state index in [9.17, 15) is 0 Å². The molecule has 3 nitrogen and oxygen atoms in total. The van der Waals surface area contributed by atoms with E-state index in [-0.39, 0.29) is 0 Å². The molecule has 21 heavy (non-hydrogen) atoms. The second kappa shape index (κ2) is 4.95. The summed E-state index contributed by atoms with van der Waals surface area (Å²) in [6.45, 7) is 1.75. The summed E-state index contributed by atoms with van der Waals surface area (Å²) >= 11 is 0. The summed E-state index contributed by atoms with van der Waals surface area (Å²) in [7, 11) is 0. The minimum atomic E-state index is -0.762. The van der Waals surface area contributed by atoms with Gasteiger partial charge >= 0.3 is 0 Å². The van der Waals surface area contributed by atoms with E-state index in [1.807, 2.05) is 0 Å². The monoisotopic (exact) mass is 281 g/mol. The highest BCUT2D eigenvalue weighted by Gasteiger charge is 2.36. The quantitative estimate of drug-likeness (QED) is 0.785. The zero-order chi connectivity index (χ0) is 14.3. The van der Waals surface area contributed by atoms with Crippen molar-refractivity contribution in [2.24, 2.45) is 5.73 Å². The number of benzene rings is 2. The van der Waals surface area contributed by atoms with E-state index in [0.717, 1.165) is 18.4 Å². The number of ether oxygens (including phenoxy) is 2. The van der Waals surface area contributed by atoms with Gasteiger partial charge in [0.1, 0.15) is 0 Å².